The maximum atomic E-state index is 11.9. The third kappa shape index (κ3) is 4.88. The topological polar surface area (TPSA) is 107 Å². The maximum Gasteiger partial charge on any atom is 0.212 e. The Morgan fingerprint density at radius 2 is 1.53 bits per heavy atom. The van der Waals surface area contributed by atoms with E-state index in [0.29, 0.717) is 6.42 Å². The molecule has 1 aromatic rings. The Balaban J connectivity index is 2.66. The lowest BCUT2D eigenvalue weighted by molar-refractivity contribution is 0.0582. The van der Waals surface area contributed by atoms with Crippen LogP contribution in [0.2, 0.25) is 0 Å². The molecule has 1 rings (SSSR count). The molecule has 0 fully saturated rings. The summed E-state index contributed by atoms with van der Waals surface area (Å²) in [5.74, 6) is -0.182. The number of sulfonamides is 1. The number of aliphatic hydroxyl groups excluding tert-OH is 3. The SMILES string of the molecule is O=S(=O)(CCc1ccccc1)NC(CO)(CO)CO. The number of benzene rings is 1. The molecule has 6 nitrogen and oxygen atoms in total. The van der Waals surface area contributed by atoms with Gasteiger partial charge < -0.3 is 15.3 Å². The fourth-order valence-electron chi connectivity index (χ4n) is 1.52. The van der Waals surface area contributed by atoms with E-state index in [-0.39, 0.29) is 5.75 Å². The molecule has 0 bridgehead atoms. The van der Waals surface area contributed by atoms with Gasteiger partial charge in [0.25, 0.3) is 0 Å². The molecule has 0 aromatic heterocycles. The average molecular weight is 289 g/mol. The van der Waals surface area contributed by atoms with Crippen molar-refractivity contribution in [3.05, 3.63) is 35.9 Å². The van der Waals surface area contributed by atoms with Gasteiger partial charge in [0.05, 0.1) is 25.6 Å². The van der Waals surface area contributed by atoms with Crippen LogP contribution < -0.4 is 4.72 Å². The summed E-state index contributed by atoms with van der Waals surface area (Å²) in [6.07, 6.45) is 0.314. The first-order valence-corrected chi connectivity index (χ1v) is 7.50. The van der Waals surface area contributed by atoms with Crippen molar-refractivity contribution in [2.45, 2.75) is 12.0 Å². The fraction of sp³-hybridized carbons (Fsp3) is 0.500. The van der Waals surface area contributed by atoms with Gasteiger partial charge in [-0.05, 0) is 12.0 Å². The van der Waals surface area contributed by atoms with E-state index in [2.05, 4.69) is 4.72 Å². The van der Waals surface area contributed by atoms with Crippen LogP contribution in [0.1, 0.15) is 5.56 Å². The molecule has 0 radical (unpaired) electrons. The second kappa shape index (κ2) is 6.97. The smallest absolute Gasteiger partial charge is 0.212 e. The highest BCUT2D eigenvalue weighted by Gasteiger charge is 2.32. The minimum atomic E-state index is -3.70. The molecule has 4 N–H and O–H groups in total. The quantitative estimate of drug-likeness (QED) is 0.484. The van der Waals surface area contributed by atoms with Crippen molar-refractivity contribution in [2.24, 2.45) is 0 Å². The number of hydrogen-bond donors (Lipinski definition) is 4. The zero-order chi connectivity index (χ0) is 14.4. The van der Waals surface area contributed by atoms with Gasteiger partial charge in [-0.25, -0.2) is 13.1 Å². The summed E-state index contributed by atoms with van der Waals surface area (Å²) in [6, 6.07) is 9.09. The molecule has 0 saturated carbocycles. The van der Waals surface area contributed by atoms with Crippen molar-refractivity contribution < 1.29 is 23.7 Å². The van der Waals surface area contributed by atoms with Crippen LogP contribution in [-0.2, 0) is 16.4 Å². The zero-order valence-corrected chi connectivity index (χ0v) is 11.3. The summed E-state index contributed by atoms with van der Waals surface area (Å²) < 4.78 is 25.9. The predicted molar refractivity (Wildman–Crippen MR) is 71.1 cm³/mol. The van der Waals surface area contributed by atoms with E-state index in [1.54, 1.807) is 0 Å². The molecule has 19 heavy (non-hydrogen) atoms. The van der Waals surface area contributed by atoms with Crippen molar-refractivity contribution in [3.8, 4) is 0 Å². The number of nitrogens with one attached hydrogen (secondary N) is 1. The molecule has 7 heteroatoms. The van der Waals surface area contributed by atoms with Gasteiger partial charge in [-0.1, -0.05) is 30.3 Å². The third-order valence-corrected chi connectivity index (χ3v) is 4.27. The first kappa shape index (κ1) is 16.1. The van der Waals surface area contributed by atoms with Crippen molar-refractivity contribution in [1.82, 2.24) is 4.72 Å². The summed E-state index contributed by atoms with van der Waals surface area (Å²) in [6.45, 7) is -2.03. The molecule has 0 aliphatic heterocycles. The first-order chi connectivity index (χ1) is 8.97. The van der Waals surface area contributed by atoms with Crippen LogP contribution in [0.5, 0.6) is 0 Å². The van der Waals surface area contributed by atoms with Crippen molar-refractivity contribution in [3.63, 3.8) is 0 Å². The molecule has 0 saturated heterocycles. The second-order valence-corrected chi connectivity index (χ2v) is 6.25. The molecule has 0 aliphatic carbocycles. The summed E-state index contributed by atoms with van der Waals surface area (Å²) in [7, 11) is -3.70. The largest absolute Gasteiger partial charge is 0.394 e. The van der Waals surface area contributed by atoms with Crippen molar-refractivity contribution in [2.75, 3.05) is 25.6 Å². The van der Waals surface area contributed by atoms with Crippen LogP contribution in [0, 0.1) is 0 Å². The molecule has 0 spiro atoms. The normalized spacial score (nSPS) is 12.6. The van der Waals surface area contributed by atoms with Crippen LogP contribution in [0.3, 0.4) is 0 Å². The molecule has 0 aliphatic rings. The highest BCUT2D eigenvalue weighted by atomic mass is 32.2. The number of hydrogen-bond acceptors (Lipinski definition) is 5. The highest BCUT2D eigenvalue weighted by Crippen LogP contribution is 2.07. The van der Waals surface area contributed by atoms with Crippen LogP contribution in [0.4, 0.5) is 0 Å². The summed E-state index contributed by atoms with van der Waals surface area (Å²) in [4.78, 5) is 0. The monoisotopic (exact) mass is 289 g/mol. The Morgan fingerprint density at radius 1 is 1.00 bits per heavy atom. The lowest BCUT2D eigenvalue weighted by Gasteiger charge is -2.28. The lowest BCUT2D eigenvalue weighted by Crippen LogP contribution is -2.57. The molecule has 0 atom stereocenters. The van der Waals surface area contributed by atoms with Crippen LogP contribution in [0.25, 0.3) is 0 Å². The van der Waals surface area contributed by atoms with E-state index in [9.17, 15) is 8.42 Å². The van der Waals surface area contributed by atoms with E-state index in [1.807, 2.05) is 30.3 Å². The third-order valence-electron chi connectivity index (χ3n) is 2.78. The van der Waals surface area contributed by atoms with Crippen LogP contribution in [0.15, 0.2) is 30.3 Å². The minimum Gasteiger partial charge on any atom is -0.394 e. The average Bonchev–Trinajstić information content (AvgIpc) is 2.44. The molecular weight excluding hydrogens is 270 g/mol. The Labute approximate surface area is 112 Å². The highest BCUT2D eigenvalue weighted by molar-refractivity contribution is 7.89. The van der Waals surface area contributed by atoms with Gasteiger partial charge in [0, 0.05) is 0 Å². The minimum absolute atomic E-state index is 0.182. The Bertz CT molecular complexity index is 462. The molecule has 0 amide bonds. The van der Waals surface area contributed by atoms with E-state index in [0.717, 1.165) is 5.56 Å². The predicted octanol–water partition coefficient (Wildman–Crippen LogP) is -1.14. The van der Waals surface area contributed by atoms with Gasteiger partial charge in [0.15, 0.2) is 0 Å². The van der Waals surface area contributed by atoms with Gasteiger partial charge in [0.2, 0.25) is 10.0 Å². The van der Waals surface area contributed by atoms with Crippen LogP contribution in [-0.4, -0.2) is 54.8 Å². The van der Waals surface area contributed by atoms with Crippen molar-refractivity contribution in [1.29, 1.82) is 0 Å². The van der Waals surface area contributed by atoms with E-state index in [4.69, 9.17) is 15.3 Å². The zero-order valence-electron chi connectivity index (χ0n) is 10.5. The van der Waals surface area contributed by atoms with E-state index >= 15 is 0 Å². The van der Waals surface area contributed by atoms with Gasteiger partial charge in [0.1, 0.15) is 5.54 Å². The second-order valence-electron chi connectivity index (χ2n) is 4.41. The molecule has 108 valence electrons. The fourth-order valence-corrected chi connectivity index (χ4v) is 2.98. The number of rotatable bonds is 8. The molecule has 0 unspecified atom stereocenters. The van der Waals surface area contributed by atoms with Gasteiger partial charge in [-0.15, -0.1) is 0 Å². The number of aryl methyl sites for hydroxylation is 1. The Morgan fingerprint density at radius 3 is 2.00 bits per heavy atom. The van der Waals surface area contributed by atoms with Gasteiger partial charge in [-0.3, -0.25) is 0 Å². The summed E-state index contributed by atoms with van der Waals surface area (Å²) >= 11 is 0. The standard InChI is InChI=1S/C12H19NO5S/c14-8-12(9-15,10-16)13-19(17,18)7-6-11-4-2-1-3-5-11/h1-5,13-16H,6-10H2. The molecule has 1 aromatic carbocycles. The van der Waals surface area contributed by atoms with Crippen molar-refractivity contribution >= 4 is 10.0 Å². The lowest BCUT2D eigenvalue weighted by atomic mass is 10.1. The first-order valence-electron chi connectivity index (χ1n) is 5.85. The molecule has 0 heterocycles. The van der Waals surface area contributed by atoms with Gasteiger partial charge in [-0.2, -0.15) is 0 Å². The number of aliphatic hydroxyl groups is 3. The Hall–Kier alpha value is -0.990. The van der Waals surface area contributed by atoms with E-state index in [1.165, 1.54) is 0 Å². The van der Waals surface area contributed by atoms with E-state index < -0.39 is 35.4 Å². The molecular formula is C12H19NO5S. The summed E-state index contributed by atoms with van der Waals surface area (Å²) in [5, 5.41) is 27.2. The Kier molecular flexibility index (Phi) is 5.89. The van der Waals surface area contributed by atoms with Gasteiger partial charge >= 0.3 is 0 Å². The summed E-state index contributed by atoms with van der Waals surface area (Å²) in [5.41, 5.74) is -0.745. The van der Waals surface area contributed by atoms with Crippen LogP contribution >= 0.6 is 0 Å². The maximum absolute atomic E-state index is 11.9.